The van der Waals surface area contributed by atoms with Crippen LogP contribution >= 0.6 is 0 Å². The largest absolute Gasteiger partial charge is 0.416 e. The number of aromatic nitrogens is 3. The maximum Gasteiger partial charge on any atom is 0.416 e. The Morgan fingerprint density at radius 1 is 1.25 bits per heavy atom. The first-order valence-electron chi connectivity index (χ1n) is 8.56. The van der Waals surface area contributed by atoms with Crippen molar-refractivity contribution in [3.05, 3.63) is 36.4 Å². The minimum atomic E-state index is -4.56. The van der Waals surface area contributed by atoms with E-state index in [0.717, 1.165) is 25.0 Å². The fourth-order valence-electron chi connectivity index (χ4n) is 2.58. The number of rotatable bonds is 7. The number of alkyl halides is 3. The van der Waals surface area contributed by atoms with Gasteiger partial charge in [-0.05, 0) is 38.1 Å². The molecule has 150 valence electrons. The quantitative estimate of drug-likeness (QED) is 0.739. The van der Waals surface area contributed by atoms with Gasteiger partial charge in [0.25, 0.3) is 0 Å². The molecular formula is C17H19F3N6O2. The summed E-state index contributed by atoms with van der Waals surface area (Å²) in [5.41, 5.74) is -0.710. The van der Waals surface area contributed by atoms with E-state index >= 15 is 0 Å². The molecule has 11 heteroatoms. The minimum absolute atomic E-state index is 0.0163. The SMILES string of the molecule is CN(CC(=O)Nc1cc(C(F)(F)F)ccc1-n1cncn1)CC(=O)NC1CC1. The van der Waals surface area contributed by atoms with Crippen molar-refractivity contribution in [2.24, 2.45) is 0 Å². The predicted octanol–water partition coefficient (Wildman–Crippen LogP) is 1.43. The van der Waals surface area contributed by atoms with Crippen molar-refractivity contribution >= 4 is 17.5 Å². The van der Waals surface area contributed by atoms with Gasteiger partial charge in [-0.1, -0.05) is 0 Å². The molecule has 1 heterocycles. The van der Waals surface area contributed by atoms with Crippen molar-refractivity contribution in [3.8, 4) is 5.69 Å². The minimum Gasteiger partial charge on any atom is -0.352 e. The third-order valence-corrected chi connectivity index (χ3v) is 4.03. The first kappa shape index (κ1) is 19.8. The van der Waals surface area contributed by atoms with Gasteiger partial charge in [0.2, 0.25) is 11.8 Å². The topological polar surface area (TPSA) is 92.2 Å². The molecule has 28 heavy (non-hydrogen) atoms. The average molecular weight is 396 g/mol. The molecule has 0 saturated heterocycles. The predicted molar refractivity (Wildman–Crippen MR) is 93.7 cm³/mol. The molecule has 0 bridgehead atoms. The lowest BCUT2D eigenvalue weighted by Crippen LogP contribution is -2.39. The standard InChI is InChI=1S/C17H19F3N6O2/c1-25(7-15(27)23-12-3-4-12)8-16(28)24-13-6-11(17(18,19)20)2-5-14(13)26-10-21-9-22-26/h2,5-6,9-10,12H,3-4,7-8H2,1H3,(H,23,27)(H,24,28). The normalized spacial score (nSPS) is 14.2. The molecule has 1 aromatic heterocycles. The van der Waals surface area contributed by atoms with Gasteiger partial charge in [0.15, 0.2) is 0 Å². The number of nitrogens with one attached hydrogen (secondary N) is 2. The van der Waals surface area contributed by atoms with Gasteiger partial charge in [-0.3, -0.25) is 14.5 Å². The molecule has 1 aliphatic carbocycles. The molecule has 0 unspecified atom stereocenters. The van der Waals surface area contributed by atoms with Crippen molar-refractivity contribution < 1.29 is 22.8 Å². The van der Waals surface area contributed by atoms with Crippen LogP contribution < -0.4 is 10.6 Å². The first-order chi connectivity index (χ1) is 13.2. The zero-order valence-corrected chi connectivity index (χ0v) is 15.0. The van der Waals surface area contributed by atoms with Gasteiger partial charge in [0.1, 0.15) is 12.7 Å². The van der Waals surface area contributed by atoms with Crippen LogP contribution in [0.25, 0.3) is 5.69 Å². The van der Waals surface area contributed by atoms with Crippen LogP contribution in [0, 0.1) is 0 Å². The summed E-state index contributed by atoms with van der Waals surface area (Å²) in [6.45, 7) is -0.145. The third-order valence-electron chi connectivity index (χ3n) is 4.03. The summed E-state index contributed by atoms with van der Waals surface area (Å²) in [4.78, 5) is 29.3. The highest BCUT2D eigenvalue weighted by molar-refractivity contribution is 5.94. The van der Waals surface area contributed by atoms with Gasteiger partial charge in [0.05, 0.1) is 30.0 Å². The molecular weight excluding hydrogens is 377 g/mol. The highest BCUT2D eigenvalue weighted by Gasteiger charge is 2.31. The second-order valence-electron chi connectivity index (χ2n) is 6.63. The molecule has 0 aliphatic heterocycles. The number of halogens is 3. The van der Waals surface area contributed by atoms with E-state index in [4.69, 9.17) is 0 Å². The second-order valence-corrected chi connectivity index (χ2v) is 6.63. The number of carbonyl (C=O) groups excluding carboxylic acids is 2. The Kier molecular flexibility index (Phi) is 5.63. The summed E-state index contributed by atoms with van der Waals surface area (Å²) in [6.07, 6.45) is -0.104. The summed E-state index contributed by atoms with van der Waals surface area (Å²) in [6, 6.07) is 3.17. The van der Waals surface area contributed by atoms with Crippen molar-refractivity contribution in [1.82, 2.24) is 25.0 Å². The Labute approximate surface area is 158 Å². The summed E-state index contributed by atoms with van der Waals surface area (Å²) < 4.78 is 40.4. The molecule has 2 aromatic rings. The summed E-state index contributed by atoms with van der Waals surface area (Å²) >= 11 is 0. The van der Waals surface area contributed by atoms with Crippen LogP contribution in [0.15, 0.2) is 30.9 Å². The average Bonchev–Trinajstić information content (AvgIpc) is 3.22. The lowest BCUT2D eigenvalue weighted by molar-refractivity contribution is -0.137. The maximum atomic E-state index is 13.0. The lowest BCUT2D eigenvalue weighted by atomic mass is 10.1. The molecule has 8 nitrogen and oxygen atoms in total. The number of hydrogen-bond acceptors (Lipinski definition) is 5. The van der Waals surface area contributed by atoms with Crippen LogP contribution in [0.4, 0.5) is 18.9 Å². The Bertz CT molecular complexity index is 849. The molecule has 1 fully saturated rings. The third kappa shape index (κ3) is 5.28. The van der Waals surface area contributed by atoms with Crippen LogP contribution in [0.3, 0.4) is 0 Å². The zero-order valence-electron chi connectivity index (χ0n) is 15.0. The zero-order chi connectivity index (χ0) is 20.3. The smallest absolute Gasteiger partial charge is 0.352 e. The molecule has 3 rings (SSSR count). The van der Waals surface area contributed by atoms with E-state index in [1.54, 1.807) is 7.05 Å². The molecule has 0 atom stereocenters. The summed E-state index contributed by atoms with van der Waals surface area (Å²) in [5, 5.41) is 9.16. The van der Waals surface area contributed by atoms with E-state index in [1.165, 1.54) is 28.3 Å². The monoisotopic (exact) mass is 396 g/mol. The highest BCUT2D eigenvalue weighted by Crippen LogP contribution is 2.33. The van der Waals surface area contributed by atoms with E-state index in [-0.39, 0.29) is 36.4 Å². The Balaban J connectivity index is 1.70. The summed E-state index contributed by atoms with van der Waals surface area (Å²) in [5.74, 6) is -0.748. The maximum absolute atomic E-state index is 13.0. The highest BCUT2D eigenvalue weighted by atomic mass is 19.4. The number of nitrogens with zero attached hydrogens (tertiary/aromatic N) is 4. The van der Waals surface area contributed by atoms with Gasteiger partial charge in [-0.2, -0.15) is 18.3 Å². The molecule has 1 saturated carbocycles. The van der Waals surface area contributed by atoms with E-state index in [1.807, 2.05) is 0 Å². The second kappa shape index (κ2) is 7.97. The van der Waals surface area contributed by atoms with E-state index in [2.05, 4.69) is 20.7 Å². The van der Waals surface area contributed by atoms with Gasteiger partial charge < -0.3 is 10.6 Å². The lowest BCUT2D eigenvalue weighted by Gasteiger charge is -2.18. The van der Waals surface area contributed by atoms with Gasteiger partial charge >= 0.3 is 6.18 Å². The van der Waals surface area contributed by atoms with Crippen molar-refractivity contribution in [3.63, 3.8) is 0 Å². The number of hydrogen-bond donors (Lipinski definition) is 2. The van der Waals surface area contributed by atoms with Crippen molar-refractivity contribution in [2.45, 2.75) is 25.1 Å². The molecule has 2 amide bonds. The van der Waals surface area contributed by atoms with Crippen LogP contribution in [-0.4, -0.2) is 57.7 Å². The Morgan fingerprint density at radius 2 is 1.96 bits per heavy atom. The van der Waals surface area contributed by atoms with Crippen molar-refractivity contribution in [1.29, 1.82) is 0 Å². The molecule has 2 N–H and O–H groups in total. The fraction of sp³-hybridized carbons (Fsp3) is 0.412. The van der Waals surface area contributed by atoms with Gasteiger partial charge in [0, 0.05) is 6.04 Å². The van der Waals surface area contributed by atoms with Gasteiger partial charge in [-0.15, -0.1) is 0 Å². The van der Waals surface area contributed by atoms with Crippen LogP contribution in [-0.2, 0) is 15.8 Å². The Hall–Kier alpha value is -2.95. The van der Waals surface area contributed by atoms with Crippen LogP contribution in [0.2, 0.25) is 0 Å². The summed E-state index contributed by atoms with van der Waals surface area (Å²) in [7, 11) is 1.58. The molecule has 0 spiro atoms. The molecule has 0 radical (unpaired) electrons. The van der Waals surface area contributed by atoms with Crippen molar-refractivity contribution in [2.75, 3.05) is 25.5 Å². The van der Waals surface area contributed by atoms with Crippen LogP contribution in [0.1, 0.15) is 18.4 Å². The van der Waals surface area contributed by atoms with Crippen LogP contribution in [0.5, 0.6) is 0 Å². The number of likely N-dealkylation sites (N-methyl/N-ethyl adjacent to an activating group) is 1. The Morgan fingerprint density at radius 3 is 2.57 bits per heavy atom. The number of amides is 2. The molecule has 1 aromatic carbocycles. The van der Waals surface area contributed by atoms with E-state index in [0.29, 0.717) is 0 Å². The van der Waals surface area contributed by atoms with Gasteiger partial charge in [-0.25, -0.2) is 9.67 Å². The molecule has 1 aliphatic rings. The number of anilines is 1. The fourth-order valence-corrected chi connectivity index (χ4v) is 2.58. The first-order valence-corrected chi connectivity index (χ1v) is 8.56. The van der Waals surface area contributed by atoms with E-state index in [9.17, 15) is 22.8 Å². The van der Waals surface area contributed by atoms with E-state index < -0.39 is 17.6 Å². The number of benzene rings is 1. The number of carbonyl (C=O) groups is 2.